The van der Waals surface area contributed by atoms with E-state index in [1.54, 1.807) is 0 Å². The summed E-state index contributed by atoms with van der Waals surface area (Å²) in [4.78, 5) is 10.7. The van der Waals surface area contributed by atoms with Crippen LogP contribution < -0.4 is 0 Å². The molecule has 1 rings (SSSR count). The monoisotopic (exact) mass is 176 g/mol. The Balaban J connectivity index is -0.000000270. The van der Waals surface area contributed by atoms with Crippen LogP contribution in [0.15, 0.2) is 0 Å². The van der Waals surface area contributed by atoms with Crippen molar-refractivity contribution in [2.24, 2.45) is 5.92 Å². The highest BCUT2D eigenvalue weighted by Gasteiger charge is 2.30. The summed E-state index contributed by atoms with van der Waals surface area (Å²) in [7, 11) is 0. The minimum atomic E-state index is 0. The minimum absolute atomic E-state index is 0. The Hall–Kier alpha value is -0.530. The molecule has 1 aliphatic carbocycles. The zero-order valence-corrected chi connectivity index (χ0v) is 5.72. The highest BCUT2D eigenvalue weighted by Crippen LogP contribution is 2.29. The average molecular weight is 176 g/mol. The largest absolute Gasteiger partial charge is 0.465 e. The van der Waals surface area contributed by atoms with Crippen molar-refractivity contribution in [1.29, 1.82) is 0 Å². The molecule has 12 heavy (non-hydrogen) atoms. The summed E-state index contributed by atoms with van der Waals surface area (Å²) in [5, 5.41) is 0. The van der Waals surface area contributed by atoms with Gasteiger partial charge >= 0.3 is 5.97 Å². The predicted octanol–water partition coefficient (Wildman–Crippen LogP) is 3.26. The zero-order valence-electron chi connectivity index (χ0n) is 5.72. The maximum atomic E-state index is 10.7. The van der Waals surface area contributed by atoms with Crippen LogP contribution in [0.25, 0.3) is 0 Å². The van der Waals surface area contributed by atoms with E-state index < -0.39 is 0 Å². The van der Waals surface area contributed by atoms with Crippen LogP contribution in [0, 0.1) is 5.92 Å². The van der Waals surface area contributed by atoms with Crippen LogP contribution in [-0.4, -0.2) is 12.6 Å². The van der Waals surface area contributed by atoms with E-state index in [1.165, 1.54) is 0 Å². The molecular formula is C10H24O2. The maximum absolute atomic E-state index is 10.7. The van der Waals surface area contributed by atoms with Crippen molar-refractivity contribution in [3.8, 4) is 0 Å². The number of esters is 1. The summed E-state index contributed by atoms with van der Waals surface area (Å²) >= 11 is 0. The van der Waals surface area contributed by atoms with Crippen LogP contribution in [0.2, 0.25) is 0 Å². The molecule has 0 radical (unpaired) electrons. The number of carbonyl (C=O) groups excluding carboxylic acids is 1. The van der Waals surface area contributed by atoms with Crippen LogP contribution in [0.5, 0.6) is 0 Å². The Kier molecular flexibility index (Phi) is 12.5. The first-order valence-electron chi connectivity index (χ1n) is 3.51. The number of hydrogen-bond acceptors (Lipinski definition) is 2. The van der Waals surface area contributed by atoms with Gasteiger partial charge in [0.1, 0.15) is 0 Å². The second kappa shape index (κ2) is 8.57. The second-order valence-electron chi connectivity index (χ2n) is 2.44. The Morgan fingerprint density at radius 2 is 1.83 bits per heavy atom. The van der Waals surface area contributed by atoms with Crippen LogP contribution in [0.3, 0.4) is 0 Å². The van der Waals surface area contributed by atoms with Crippen LogP contribution in [-0.2, 0) is 9.53 Å². The smallest absolute Gasteiger partial charge is 0.308 e. The van der Waals surface area contributed by atoms with Crippen molar-refractivity contribution < 1.29 is 9.53 Å². The summed E-state index contributed by atoms with van der Waals surface area (Å²) in [5.74, 6) is 0.272. The average Bonchev–Trinajstić information content (AvgIpc) is 2.63. The van der Waals surface area contributed by atoms with Gasteiger partial charge in [-0.15, -0.1) is 0 Å². The standard InChI is InChI=1S/C7H12O2.3CH4/c1-2-5-9-7(8)6-3-4-6;;;/h6H,2-5H2,1H3;3*1H4. The molecule has 0 aromatic rings. The molecular weight excluding hydrogens is 152 g/mol. The number of carbonyl (C=O) groups is 1. The van der Waals surface area contributed by atoms with E-state index in [0.29, 0.717) is 6.61 Å². The van der Waals surface area contributed by atoms with Gasteiger partial charge in [0.25, 0.3) is 0 Å². The molecule has 2 nitrogen and oxygen atoms in total. The van der Waals surface area contributed by atoms with E-state index in [1.807, 2.05) is 6.92 Å². The topological polar surface area (TPSA) is 26.3 Å². The molecule has 0 saturated heterocycles. The fraction of sp³-hybridized carbons (Fsp3) is 0.900. The van der Waals surface area contributed by atoms with Gasteiger partial charge in [0, 0.05) is 0 Å². The molecule has 0 spiro atoms. The summed E-state index contributed by atoms with van der Waals surface area (Å²) in [6.07, 6.45) is 3.02. The molecule has 1 fully saturated rings. The lowest BCUT2D eigenvalue weighted by atomic mass is 10.4. The summed E-state index contributed by atoms with van der Waals surface area (Å²) in [5.41, 5.74) is 0. The van der Waals surface area contributed by atoms with Crippen molar-refractivity contribution in [3.05, 3.63) is 0 Å². The van der Waals surface area contributed by atoms with Gasteiger partial charge < -0.3 is 4.74 Å². The first-order chi connectivity index (χ1) is 4.34. The molecule has 0 aromatic heterocycles. The Labute approximate surface area is 77.3 Å². The van der Waals surface area contributed by atoms with Crippen LogP contribution in [0.4, 0.5) is 0 Å². The lowest BCUT2D eigenvalue weighted by Gasteiger charge is -1.98. The first-order valence-corrected chi connectivity index (χ1v) is 3.51. The molecule has 0 bridgehead atoms. The van der Waals surface area contributed by atoms with E-state index in [4.69, 9.17) is 4.74 Å². The zero-order chi connectivity index (χ0) is 6.69. The van der Waals surface area contributed by atoms with Gasteiger partial charge in [-0.2, -0.15) is 0 Å². The summed E-state index contributed by atoms with van der Waals surface area (Å²) < 4.78 is 4.88. The lowest BCUT2D eigenvalue weighted by Crippen LogP contribution is -2.06. The fourth-order valence-electron chi connectivity index (χ4n) is 0.640. The molecule has 0 unspecified atom stereocenters. The first kappa shape index (κ1) is 17.5. The molecule has 0 aromatic carbocycles. The van der Waals surface area contributed by atoms with E-state index in [0.717, 1.165) is 19.3 Å². The Morgan fingerprint density at radius 1 is 1.33 bits per heavy atom. The molecule has 1 saturated carbocycles. The third-order valence-electron chi connectivity index (χ3n) is 1.36. The lowest BCUT2D eigenvalue weighted by molar-refractivity contribution is -0.145. The van der Waals surface area contributed by atoms with Crippen LogP contribution in [0.1, 0.15) is 48.5 Å². The molecule has 0 atom stereocenters. The van der Waals surface area contributed by atoms with Gasteiger partial charge in [0.2, 0.25) is 0 Å². The second-order valence-corrected chi connectivity index (χ2v) is 2.44. The molecule has 0 heterocycles. The summed E-state index contributed by atoms with van der Waals surface area (Å²) in [6.45, 7) is 2.59. The van der Waals surface area contributed by atoms with Gasteiger partial charge in [-0.25, -0.2) is 0 Å². The van der Waals surface area contributed by atoms with E-state index in [-0.39, 0.29) is 34.2 Å². The third kappa shape index (κ3) is 6.20. The number of rotatable bonds is 3. The predicted molar refractivity (Wildman–Crippen MR) is 54.2 cm³/mol. The van der Waals surface area contributed by atoms with E-state index in [2.05, 4.69) is 0 Å². The van der Waals surface area contributed by atoms with Crippen molar-refractivity contribution in [3.63, 3.8) is 0 Å². The van der Waals surface area contributed by atoms with Gasteiger partial charge in [-0.3, -0.25) is 4.79 Å². The van der Waals surface area contributed by atoms with Crippen molar-refractivity contribution in [2.75, 3.05) is 6.61 Å². The van der Waals surface area contributed by atoms with Gasteiger partial charge in [0.15, 0.2) is 0 Å². The molecule has 0 aliphatic heterocycles. The quantitative estimate of drug-likeness (QED) is 0.617. The number of hydrogen-bond donors (Lipinski definition) is 0. The molecule has 0 N–H and O–H groups in total. The highest BCUT2D eigenvalue weighted by molar-refractivity contribution is 5.74. The molecule has 0 amide bonds. The van der Waals surface area contributed by atoms with E-state index >= 15 is 0 Å². The Morgan fingerprint density at radius 3 is 2.17 bits per heavy atom. The Bertz CT molecular complexity index is 106. The highest BCUT2D eigenvalue weighted by atomic mass is 16.5. The summed E-state index contributed by atoms with van der Waals surface area (Å²) in [6, 6.07) is 0. The van der Waals surface area contributed by atoms with Crippen molar-refractivity contribution >= 4 is 5.97 Å². The van der Waals surface area contributed by atoms with E-state index in [9.17, 15) is 4.79 Å². The van der Waals surface area contributed by atoms with Crippen LogP contribution >= 0.6 is 0 Å². The normalized spacial score (nSPS) is 13.1. The van der Waals surface area contributed by atoms with Gasteiger partial charge in [-0.1, -0.05) is 29.2 Å². The molecule has 76 valence electrons. The number of ether oxygens (including phenoxy) is 1. The van der Waals surface area contributed by atoms with Gasteiger partial charge in [-0.05, 0) is 19.3 Å². The van der Waals surface area contributed by atoms with Gasteiger partial charge in [0.05, 0.1) is 12.5 Å². The minimum Gasteiger partial charge on any atom is -0.465 e. The maximum Gasteiger partial charge on any atom is 0.308 e. The van der Waals surface area contributed by atoms with Crippen molar-refractivity contribution in [2.45, 2.75) is 48.5 Å². The fourth-order valence-corrected chi connectivity index (χ4v) is 0.640. The SMILES string of the molecule is C.C.C.CCCOC(=O)C1CC1. The molecule has 1 aliphatic rings. The van der Waals surface area contributed by atoms with Crippen molar-refractivity contribution in [1.82, 2.24) is 0 Å². The third-order valence-corrected chi connectivity index (χ3v) is 1.36. The molecule has 2 heteroatoms.